The topological polar surface area (TPSA) is 75.7 Å². The van der Waals surface area contributed by atoms with Gasteiger partial charge in [0, 0.05) is 23.7 Å². The lowest BCUT2D eigenvalue weighted by molar-refractivity contribution is -0.127. The number of benzene rings is 2. The third-order valence-electron chi connectivity index (χ3n) is 5.51. The summed E-state index contributed by atoms with van der Waals surface area (Å²) in [5, 5.41) is 2.90. The number of carbonyl (C=O) groups excluding carboxylic acids is 3. The number of likely N-dealkylation sites (tertiary alicyclic amines) is 1. The molecule has 0 atom stereocenters. The van der Waals surface area contributed by atoms with Gasteiger partial charge in [-0.15, -0.1) is 11.8 Å². The summed E-state index contributed by atoms with van der Waals surface area (Å²) < 4.78 is 5.30. The lowest BCUT2D eigenvalue weighted by Crippen LogP contribution is -2.29. The van der Waals surface area contributed by atoms with E-state index in [1.165, 1.54) is 11.8 Å². The van der Waals surface area contributed by atoms with Gasteiger partial charge in [-0.2, -0.15) is 0 Å². The molecule has 2 aromatic carbocycles. The van der Waals surface area contributed by atoms with Crippen LogP contribution in [0.25, 0.3) is 0 Å². The van der Waals surface area contributed by atoms with Crippen LogP contribution in [-0.4, -0.2) is 48.1 Å². The number of amides is 2. The van der Waals surface area contributed by atoms with Gasteiger partial charge in [0.15, 0.2) is 6.61 Å². The van der Waals surface area contributed by atoms with Gasteiger partial charge >= 0.3 is 5.97 Å². The highest BCUT2D eigenvalue weighted by molar-refractivity contribution is 8.00. The zero-order valence-electron chi connectivity index (χ0n) is 18.7. The molecule has 0 aliphatic carbocycles. The molecule has 0 bridgehead atoms. The van der Waals surface area contributed by atoms with Crippen molar-refractivity contribution in [3.8, 4) is 0 Å². The molecule has 1 saturated heterocycles. The highest BCUT2D eigenvalue weighted by Crippen LogP contribution is 2.25. The molecule has 0 radical (unpaired) electrons. The Labute approximate surface area is 193 Å². The number of thioether (sulfide) groups is 1. The smallest absolute Gasteiger partial charge is 0.339 e. The van der Waals surface area contributed by atoms with Crippen molar-refractivity contribution in [2.24, 2.45) is 0 Å². The van der Waals surface area contributed by atoms with Gasteiger partial charge in [0.2, 0.25) is 5.91 Å². The summed E-state index contributed by atoms with van der Waals surface area (Å²) in [5.41, 5.74) is 3.26. The van der Waals surface area contributed by atoms with Gasteiger partial charge in [-0.1, -0.05) is 44.2 Å². The van der Waals surface area contributed by atoms with Crippen LogP contribution in [0.3, 0.4) is 0 Å². The molecule has 0 aromatic heterocycles. The summed E-state index contributed by atoms with van der Waals surface area (Å²) in [6.45, 7) is 5.31. The van der Waals surface area contributed by atoms with Crippen LogP contribution in [0.5, 0.6) is 0 Å². The van der Waals surface area contributed by atoms with E-state index in [1.54, 1.807) is 18.2 Å². The third kappa shape index (κ3) is 6.13. The van der Waals surface area contributed by atoms with Crippen molar-refractivity contribution < 1.29 is 19.1 Å². The summed E-state index contributed by atoms with van der Waals surface area (Å²) in [6.07, 6.45) is 3.68. The molecule has 32 heavy (non-hydrogen) atoms. The van der Waals surface area contributed by atoms with E-state index in [2.05, 4.69) is 5.32 Å². The minimum absolute atomic E-state index is 0.0800. The van der Waals surface area contributed by atoms with Gasteiger partial charge in [-0.3, -0.25) is 9.59 Å². The molecule has 2 aromatic rings. The molecule has 0 unspecified atom stereocenters. The lowest BCUT2D eigenvalue weighted by atomic mass is 10.0. The van der Waals surface area contributed by atoms with Crippen LogP contribution in [0.1, 0.15) is 48.2 Å². The summed E-state index contributed by atoms with van der Waals surface area (Å²) in [7, 11) is 0. The molecule has 1 fully saturated rings. The maximum atomic E-state index is 12.7. The lowest BCUT2D eigenvalue weighted by Gasteiger charge is -2.16. The Balaban J connectivity index is 1.58. The van der Waals surface area contributed by atoms with Crippen molar-refractivity contribution in [2.75, 3.05) is 30.8 Å². The number of anilines is 1. The van der Waals surface area contributed by atoms with Crippen LogP contribution in [0.2, 0.25) is 0 Å². The standard InChI is InChI=1S/C25H30N2O4S/c1-3-18-10-9-11-19(4-2)24(18)26-22(28)16-31-25(30)20-12-5-6-13-21(20)32-17-23(29)27-14-7-8-15-27/h5-6,9-13H,3-4,7-8,14-17H2,1-2H3,(H,26,28). The molecular formula is C25H30N2O4S. The largest absolute Gasteiger partial charge is 0.452 e. The van der Waals surface area contributed by atoms with Crippen molar-refractivity contribution in [3.63, 3.8) is 0 Å². The van der Waals surface area contributed by atoms with Crippen molar-refractivity contribution in [2.45, 2.75) is 44.4 Å². The second kappa shape index (κ2) is 11.7. The highest BCUT2D eigenvalue weighted by atomic mass is 32.2. The van der Waals surface area contributed by atoms with E-state index in [0.29, 0.717) is 10.5 Å². The van der Waals surface area contributed by atoms with Crippen molar-refractivity contribution in [3.05, 3.63) is 59.2 Å². The number of carbonyl (C=O) groups is 3. The Morgan fingerprint density at radius 3 is 2.28 bits per heavy atom. The van der Waals surface area contributed by atoms with Gasteiger partial charge in [-0.05, 0) is 48.9 Å². The average molecular weight is 455 g/mol. The van der Waals surface area contributed by atoms with Gasteiger partial charge < -0.3 is 15.0 Å². The molecule has 170 valence electrons. The van der Waals surface area contributed by atoms with Crippen LogP contribution in [0.4, 0.5) is 5.69 Å². The van der Waals surface area contributed by atoms with Crippen LogP contribution in [0, 0.1) is 0 Å². The van der Waals surface area contributed by atoms with Gasteiger partial charge in [-0.25, -0.2) is 4.79 Å². The van der Waals surface area contributed by atoms with Gasteiger partial charge in [0.1, 0.15) is 0 Å². The van der Waals surface area contributed by atoms with E-state index in [4.69, 9.17) is 4.74 Å². The van der Waals surface area contributed by atoms with Gasteiger partial charge in [0.25, 0.3) is 5.91 Å². The van der Waals surface area contributed by atoms with Crippen molar-refractivity contribution >= 4 is 35.2 Å². The minimum Gasteiger partial charge on any atom is -0.452 e. The minimum atomic E-state index is -0.573. The molecule has 0 spiro atoms. The maximum absolute atomic E-state index is 12.7. The molecule has 0 saturated carbocycles. The predicted molar refractivity (Wildman–Crippen MR) is 127 cm³/mol. The normalized spacial score (nSPS) is 13.1. The van der Waals surface area contributed by atoms with E-state index < -0.39 is 5.97 Å². The molecule has 3 rings (SSSR count). The molecule has 7 heteroatoms. The number of aryl methyl sites for hydroxylation is 2. The number of nitrogens with zero attached hydrogens (tertiary/aromatic N) is 1. The van der Waals surface area contributed by atoms with E-state index in [1.807, 2.05) is 43.0 Å². The zero-order chi connectivity index (χ0) is 22.9. The van der Waals surface area contributed by atoms with Crippen LogP contribution in [-0.2, 0) is 27.2 Å². The molecule has 1 aliphatic rings. The first-order chi connectivity index (χ1) is 15.5. The molecule has 2 amide bonds. The number of ether oxygens (including phenoxy) is 1. The average Bonchev–Trinajstić information content (AvgIpc) is 3.36. The van der Waals surface area contributed by atoms with Crippen LogP contribution >= 0.6 is 11.8 Å². The first-order valence-corrected chi connectivity index (χ1v) is 12.1. The van der Waals surface area contributed by atoms with E-state index >= 15 is 0 Å². The fraction of sp³-hybridized carbons (Fsp3) is 0.400. The van der Waals surface area contributed by atoms with Crippen molar-refractivity contribution in [1.29, 1.82) is 0 Å². The maximum Gasteiger partial charge on any atom is 0.339 e. The fourth-order valence-electron chi connectivity index (χ4n) is 3.75. The van der Waals surface area contributed by atoms with Crippen molar-refractivity contribution in [1.82, 2.24) is 4.90 Å². The molecule has 6 nitrogen and oxygen atoms in total. The Kier molecular flexibility index (Phi) is 8.73. The summed E-state index contributed by atoms with van der Waals surface area (Å²) >= 11 is 1.32. The molecule has 1 aliphatic heterocycles. The summed E-state index contributed by atoms with van der Waals surface area (Å²) in [5.74, 6) is -0.589. The Hall–Kier alpha value is -2.80. The number of rotatable bonds is 9. The molecule has 1 N–H and O–H groups in total. The second-order valence-electron chi connectivity index (χ2n) is 7.66. The highest BCUT2D eigenvalue weighted by Gasteiger charge is 2.20. The van der Waals surface area contributed by atoms with E-state index in [0.717, 1.165) is 55.6 Å². The quantitative estimate of drug-likeness (QED) is 0.451. The molecule has 1 heterocycles. The number of nitrogens with one attached hydrogen (secondary N) is 1. The van der Waals surface area contributed by atoms with E-state index in [-0.39, 0.29) is 24.2 Å². The third-order valence-corrected chi connectivity index (χ3v) is 6.57. The number of para-hydroxylation sites is 1. The van der Waals surface area contributed by atoms with E-state index in [9.17, 15) is 14.4 Å². The summed E-state index contributed by atoms with van der Waals surface area (Å²) in [6, 6.07) is 13.0. The number of hydrogen-bond donors (Lipinski definition) is 1. The number of esters is 1. The van der Waals surface area contributed by atoms with Gasteiger partial charge in [0.05, 0.1) is 11.3 Å². The zero-order valence-corrected chi connectivity index (χ0v) is 19.5. The number of hydrogen-bond acceptors (Lipinski definition) is 5. The monoisotopic (exact) mass is 454 g/mol. The predicted octanol–water partition coefficient (Wildman–Crippen LogP) is 4.32. The first-order valence-electron chi connectivity index (χ1n) is 11.1. The fourth-order valence-corrected chi connectivity index (χ4v) is 4.69. The SMILES string of the molecule is CCc1cccc(CC)c1NC(=O)COC(=O)c1ccccc1SCC(=O)N1CCCC1. The molecular weight excluding hydrogens is 424 g/mol. The summed E-state index contributed by atoms with van der Waals surface area (Å²) in [4.78, 5) is 40.0. The second-order valence-corrected chi connectivity index (χ2v) is 8.67. The van der Waals surface area contributed by atoms with Crippen LogP contribution < -0.4 is 5.32 Å². The Morgan fingerprint density at radius 2 is 1.62 bits per heavy atom. The van der Waals surface area contributed by atoms with Crippen LogP contribution in [0.15, 0.2) is 47.4 Å². The Morgan fingerprint density at radius 1 is 0.969 bits per heavy atom. The first kappa shape index (κ1) is 23.9. The Bertz CT molecular complexity index is 948.